The van der Waals surface area contributed by atoms with Gasteiger partial charge in [-0.1, -0.05) is 0 Å². The fourth-order valence-corrected chi connectivity index (χ4v) is 1.74. The van der Waals surface area contributed by atoms with Gasteiger partial charge in [0.25, 0.3) is 10.1 Å². The Morgan fingerprint density at radius 1 is 1.47 bits per heavy atom. The molecular formula is C9H14N2O7S. The molecule has 1 rings (SSSR count). The monoisotopic (exact) mass is 294 g/mol. The molecule has 1 heterocycles. The van der Waals surface area contributed by atoms with Crippen molar-refractivity contribution in [2.45, 2.75) is 18.8 Å². The third-order valence-electron chi connectivity index (χ3n) is 2.27. The summed E-state index contributed by atoms with van der Waals surface area (Å²) in [5, 5.41) is 29.7. The number of nitro groups is 1. The Labute approximate surface area is 109 Å². The molecule has 0 amide bonds. The number of nitrogens with zero attached hydrogens (tertiary/aromatic N) is 2. The molecule has 0 saturated heterocycles. The van der Waals surface area contributed by atoms with Gasteiger partial charge < -0.3 is 20.3 Å². The van der Waals surface area contributed by atoms with Gasteiger partial charge >= 0.3 is 5.82 Å². The Morgan fingerprint density at radius 3 is 2.63 bits per heavy atom. The summed E-state index contributed by atoms with van der Waals surface area (Å²) in [6, 6.07) is 2.66. The molecular weight excluding hydrogens is 280 g/mol. The van der Waals surface area contributed by atoms with Crippen molar-refractivity contribution in [3.8, 4) is 0 Å². The quantitative estimate of drug-likeness (QED) is 0.378. The highest BCUT2D eigenvalue weighted by atomic mass is 32.2. The molecule has 1 aromatic heterocycles. The van der Waals surface area contributed by atoms with E-state index >= 15 is 0 Å². The minimum absolute atomic E-state index is 0.240. The zero-order valence-electron chi connectivity index (χ0n) is 10.0. The Kier molecular flexibility index (Phi) is 5.00. The first-order valence-electron chi connectivity index (χ1n) is 5.21. The van der Waals surface area contributed by atoms with Crippen LogP contribution in [0.4, 0.5) is 5.82 Å². The Balaban J connectivity index is 2.61. The van der Waals surface area contributed by atoms with Crippen molar-refractivity contribution in [1.82, 2.24) is 4.57 Å². The van der Waals surface area contributed by atoms with Crippen molar-refractivity contribution >= 4 is 15.9 Å². The van der Waals surface area contributed by atoms with Gasteiger partial charge in [0, 0.05) is 6.07 Å². The second kappa shape index (κ2) is 6.10. The van der Waals surface area contributed by atoms with Gasteiger partial charge in [-0.2, -0.15) is 8.42 Å². The van der Waals surface area contributed by atoms with E-state index in [4.69, 9.17) is 0 Å². The number of hydrogen-bond donors (Lipinski definition) is 2. The number of aliphatic hydroxyl groups is 2. The SMILES string of the molecule is CS(=O)(=O)OCC(O)C(O)Cn1cccc1[N+](=O)[O-]. The second-order valence-corrected chi connectivity index (χ2v) is 5.54. The first-order valence-corrected chi connectivity index (χ1v) is 7.02. The molecule has 0 aliphatic rings. The van der Waals surface area contributed by atoms with Gasteiger partial charge in [0.1, 0.15) is 18.8 Å². The van der Waals surface area contributed by atoms with Crippen LogP contribution in [0, 0.1) is 10.1 Å². The van der Waals surface area contributed by atoms with Crippen LogP contribution in [0.5, 0.6) is 0 Å². The molecule has 2 atom stereocenters. The Hall–Kier alpha value is -1.49. The molecule has 0 spiro atoms. The zero-order chi connectivity index (χ0) is 14.6. The van der Waals surface area contributed by atoms with Crippen molar-refractivity contribution < 1.29 is 27.7 Å². The minimum Gasteiger partial charge on any atom is -0.388 e. The van der Waals surface area contributed by atoms with Crippen LogP contribution in [-0.4, -0.2) is 53.2 Å². The van der Waals surface area contributed by atoms with E-state index in [1.165, 1.54) is 18.3 Å². The number of hydrogen-bond acceptors (Lipinski definition) is 7. The highest BCUT2D eigenvalue weighted by Crippen LogP contribution is 2.13. The van der Waals surface area contributed by atoms with Crippen LogP contribution < -0.4 is 0 Å². The molecule has 0 fully saturated rings. The average Bonchev–Trinajstić information content (AvgIpc) is 2.72. The predicted octanol–water partition coefficient (Wildman–Crippen LogP) is -0.906. The normalized spacial score (nSPS) is 15.1. The topological polar surface area (TPSA) is 132 Å². The summed E-state index contributed by atoms with van der Waals surface area (Å²) in [5.41, 5.74) is 0. The lowest BCUT2D eigenvalue weighted by Crippen LogP contribution is -2.34. The molecule has 108 valence electrons. The zero-order valence-corrected chi connectivity index (χ0v) is 10.9. The highest BCUT2D eigenvalue weighted by molar-refractivity contribution is 7.85. The van der Waals surface area contributed by atoms with Crippen LogP contribution in [-0.2, 0) is 20.8 Å². The maximum absolute atomic E-state index is 10.7. The van der Waals surface area contributed by atoms with Crippen molar-refractivity contribution in [3.05, 3.63) is 28.4 Å². The molecule has 0 radical (unpaired) electrons. The van der Waals surface area contributed by atoms with Crippen molar-refractivity contribution in [1.29, 1.82) is 0 Å². The van der Waals surface area contributed by atoms with Gasteiger partial charge in [-0.25, -0.2) is 4.57 Å². The summed E-state index contributed by atoms with van der Waals surface area (Å²) < 4.78 is 26.9. The van der Waals surface area contributed by atoms with E-state index in [-0.39, 0.29) is 12.4 Å². The Morgan fingerprint density at radius 2 is 2.11 bits per heavy atom. The number of aliphatic hydroxyl groups excluding tert-OH is 2. The molecule has 0 saturated carbocycles. The standard InChI is InChI=1S/C9H14N2O7S/c1-19(16,17)18-6-8(13)7(12)5-10-4-2-3-9(10)11(14)15/h2-4,7-8,12-13H,5-6H2,1H3. The smallest absolute Gasteiger partial charge is 0.323 e. The molecule has 2 N–H and O–H groups in total. The third kappa shape index (κ3) is 4.95. The van der Waals surface area contributed by atoms with E-state index in [2.05, 4.69) is 4.18 Å². The first kappa shape index (κ1) is 15.6. The fourth-order valence-electron chi connectivity index (χ4n) is 1.35. The van der Waals surface area contributed by atoms with Gasteiger partial charge in [-0.05, 0) is 11.0 Å². The highest BCUT2D eigenvalue weighted by Gasteiger charge is 2.23. The summed E-state index contributed by atoms with van der Waals surface area (Å²) in [6.07, 6.45) is -0.696. The van der Waals surface area contributed by atoms with Crippen LogP contribution in [0.15, 0.2) is 18.3 Å². The molecule has 19 heavy (non-hydrogen) atoms. The molecule has 9 nitrogen and oxygen atoms in total. The van der Waals surface area contributed by atoms with Crippen LogP contribution >= 0.6 is 0 Å². The average molecular weight is 294 g/mol. The molecule has 0 aliphatic heterocycles. The molecule has 0 aliphatic carbocycles. The van der Waals surface area contributed by atoms with E-state index in [9.17, 15) is 28.7 Å². The van der Waals surface area contributed by atoms with Crippen LogP contribution in [0.1, 0.15) is 0 Å². The third-order valence-corrected chi connectivity index (χ3v) is 2.84. The van der Waals surface area contributed by atoms with E-state index in [1.54, 1.807) is 0 Å². The summed E-state index contributed by atoms with van der Waals surface area (Å²) in [6.45, 7) is -0.868. The van der Waals surface area contributed by atoms with Crippen LogP contribution in [0.2, 0.25) is 0 Å². The molecule has 10 heteroatoms. The van der Waals surface area contributed by atoms with E-state index in [0.717, 1.165) is 10.8 Å². The fraction of sp³-hybridized carbons (Fsp3) is 0.556. The van der Waals surface area contributed by atoms with Crippen molar-refractivity contribution in [3.63, 3.8) is 0 Å². The minimum atomic E-state index is -3.72. The molecule has 2 unspecified atom stereocenters. The van der Waals surface area contributed by atoms with Gasteiger partial charge in [0.2, 0.25) is 0 Å². The van der Waals surface area contributed by atoms with Gasteiger partial charge in [0.05, 0.1) is 19.1 Å². The van der Waals surface area contributed by atoms with E-state index in [1.807, 2.05) is 0 Å². The van der Waals surface area contributed by atoms with Gasteiger partial charge in [0.15, 0.2) is 0 Å². The second-order valence-electron chi connectivity index (χ2n) is 3.90. The predicted molar refractivity (Wildman–Crippen MR) is 63.9 cm³/mol. The maximum Gasteiger partial charge on any atom is 0.323 e. The lowest BCUT2D eigenvalue weighted by molar-refractivity contribution is -0.392. The Bertz CT molecular complexity index is 539. The van der Waals surface area contributed by atoms with Gasteiger partial charge in [-0.15, -0.1) is 0 Å². The summed E-state index contributed by atoms with van der Waals surface area (Å²) >= 11 is 0. The lowest BCUT2D eigenvalue weighted by atomic mass is 10.2. The number of aromatic nitrogens is 1. The van der Waals surface area contributed by atoms with Crippen LogP contribution in [0.25, 0.3) is 0 Å². The van der Waals surface area contributed by atoms with Crippen molar-refractivity contribution in [2.75, 3.05) is 12.9 Å². The summed E-state index contributed by atoms with van der Waals surface area (Å²) in [7, 11) is -3.72. The maximum atomic E-state index is 10.7. The van der Waals surface area contributed by atoms with Crippen LogP contribution in [0.3, 0.4) is 0 Å². The summed E-state index contributed by atoms with van der Waals surface area (Å²) in [4.78, 5) is 10.00. The van der Waals surface area contributed by atoms with Gasteiger partial charge in [-0.3, -0.25) is 4.18 Å². The van der Waals surface area contributed by atoms with E-state index < -0.39 is 33.9 Å². The molecule has 0 aromatic carbocycles. The number of rotatable bonds is 7. The first-order chi connectivity index (χ1) is 8.70. The molecule has 0 bridgehead atoms. The molecule has 1 aromatic rings. The van der Waals surface area contributed by atoms with E-state index in [0.29, 0.717) is 0 Å². The summed E-state index contributed by atoms with van der Waals surface area (Å²) in [5.74, 6) is -0.240. The van der Waals surface area contributed by atoms with Crippen molar-refractivity contribution in [2.24, 2.45) is 0 Å². The largest absolute Gasteiger partial charge is 0.388 e. The lowest BCUT2D eigenvalue weighted by Gasteiger charge is -2.16.